The number of aromatic nitrogens is 4. The Bertz CT molecular complexity index is 1240. The van der Waals surface area contributed by atoms with E-state index >= 15 is 0 Å². The fraction of sp³-hybridized carbons (Fsp3) is 0.500. The number of unbranched alkanes of at least 4 members (excludes halogenated alkanes) is 3. The molecule has 1 aromatic carbocycles. The molecule has 2 aromatic heterocycles. The molecular formula is C24H32FN5O3. The Labute approximate surface area is 191 Å². The monoisotopic (exact) mass is 457 g/mol. The number of amides is 1. The molecule has 0 radical (unpaired) electrons. The number of carbonyl (C=O) groups excluding carboxylic acids is 1. The van der Waals surface area contributed by atoms with Gasteiger partial charge in [0.15, 0.2) is 11.2 Å². The first-order valence-electron chi connectivity index (χ1n) is 11.6. The van der Waals surface area contributed by atoms with Gasteiger partial charge in [-0.1, -0.05) is 39.2 Å². The van der Waals surface area contributed by atoms with Crippen molar-refractivity contribution < 1.29 is 9.18 Å². The lowest BCUT2D eigenvalue weighted by molar-refractivity contribution is -0.116. The minimum atomic E-state index is -0.493. The van der Waals surface area contributed by atoms with Crippen molar-refractivity contribution in [3.05, 3.63) is 56.2 Å². The van der Waals surface area contributed by atoms with Crippen LogP contribution in [0.25, 0.3) is 11.2 Å². The molecule has 8 nitrogen and oxygen atoms in total. The molecule has 1 amide bonds. The maximum atomic E-state index is 14.0. The van der Waals surface area contributed by atoms with E-state index in [2.05, 4.69) is 22.2 Å². The van der Waals surface area contributed by atoms with Crippen molar-refractivity contribution in [1.29, 1.82) is 0 Å². The van der Waals surface area contributed by atoms with Crippen molar-refractivity contribution in [2.24, 2.45) is 0 Å². The Kier molecular flexibility index (Phi) is 8.19. The largest absolute Gasteiger partial charge is 0.330 e. The molecule has 2 heterocycles. The normalized spacial score (nSPS) is 11.3. The first-order valence-corrected chi connectivity index (χ1v) is 11.6. The molecule has 3 rings (SSSR count). The average molecular weight is 458 g/mol. The minimum Gasteiger partial charge on any atom is -0.324 e. The van der Waals surface area contributed by atoms with E-state index in [4.69, 9.17) is 0 Å². The van der Waals surface area contributed by atoms with E-state index in [9.17, 15) is 18.8 Å². The summed E-state index contributed by atoms with van der Waals surface area (Å²) in [5, 5.41) is 2.61. The van der Waals surface area contributed by atoms with Crippen LogP contribution in [0.4, 0.5) is 10.1 Å². The number of aromatic amines is 1. The Balaban J connectivity index is 1.91. The van der Waals surface area contributed by atoms with E-state index in [1.807, 2.05) is 18.4 Å². The molecule has 0 atom stereocenters. The number of anilines is 1. The number of hydrogen-bond donors (Lipinski definition) is 2. The van der Waals surface area contributed by atoms with Crippen LogP contribution in [-0.2, 0) is 24.3 Å². The van der Waals surface area contributed by atoms with Crippen LogP contribution in [-0.4, -0.2) is 25.0 Å². The lowest BCUT2D eigenvalue weighted by Crippen LogP contribution is -2.31. The first kappa shape index (κ1) is 24.4. The standard InChI is InChI=1S/C24H32FN5O3/c1-4-6-8-14-29-19(11-12-20(31)26-18-15-16(3)9-10-17(18)25)27-22-21(29)23(32)28-24(33)30(22)13-7-5-2/h9-10,15H,4-8,11-14H2,1-3H3,(H,26,31)(H,28,32,33). The molecule has 0 aliphatic carbocycles. The van der Waals surface area contributed by atoms with Gasteiger partial charge in [0.05, 0.1) is 5.69 Å². The molecule has 9 heteroatoms. The minimum absolute atomic E-state index is 0.0710. The molecule has 0 saturated carbocycles. The van der Waals surface area contributed by atoms with Crippen LogP contribution in [0.2, 0.25) is 0 Å². The summed E-state index contributed by atoms with van der Waals surface area (Å²) in [5.41, 5.74) is 0.758. The zero-order valence-electron chi connectivity index (χ0n) is 19.5. The van der Waals surface area contributed by atoms with Gasteiger partial charge in [0, 0.05) is 25.9 Å². The lowest BCUT2D eigenvalue weighted by atomic mass is 10.2. The van der Waals surface area contributed by atoms with E-state index in [0.29, 0.717) is 30.1 Å². The van der Waals surface area contributed by atoms with Crippen LogP contribution in [0.5, 0.6) is 0 Å². The Morgan fingerprint density at radius 2 is 1.82 bits per heavy atom. The van der Waals surface area contributed by atoms with Crippen LogP contribution in [0.15, 0.2) is 27.8 Å². The average Bonchev–Trinajstić information content (AvgIpc) is 3.13. The number of rotatable bonds is 11. The van der Waals surface area contributed by atoms with Crippen LogP contribution in [0.1, 0.15) is 63.8 Å². The zero-order valence-corrected chi connectivity index (χ0v) is 19.5. The number of carbonyl (C=O) groups is 1. The summed E-state index contributed by atoms with van der Waals surface area (Å²) >= 11 is 0. The van der Waals surface area contributed by atoms with Crippen molar-refractivity contribution in [3.8, 4) is 0 Å². The number of nitrogens with one attached hydrogen (secondary N) is 2. The second kappa shape index (κ2) is 11.1. The number of imidazole rings is 1. The first-order chi connectivity index (χ1) is 15.8. The lowest BCUT2D eigenvalue weighted by Gasteiger charge is -2.10. The van der Waals surface area contributed by atoms with Crippen molar-refractivity contribution >= 4 is 22.8 Å². The molecule has 0 aliphatic heterocycles. The van der Waals surface area contributed by atoms with Crippen molar-refractivity contribution in [2.75, 3.05) is 5.32 Å². The van der Waals surface area contributed by atoms with Gasteiger partial charge < -0.3 is 9.88 Å². The zero-order chi connectivity index (χ0) is 24.0. The molecule has 2 N–H and O–H groups in total. The number of benzene rings is 1. The summed E-state index contributed by atoms with van der Waals surface area (Å²) < 4.78 is 17.3. The quantitative estimate of drug-likeness (QED) is 0.427. The highest BCUT2D eigenvalue weighted by atomic mass is 19.1. The number of fused-ring (bicyclic) bond motifs is 1. The summed E-state index contributed by atoms with van der Waals surface area (Å²) in [6.45, 7) is 6.97. The number of H-pyrrole nitrogens is 1. The van der Waals surface area contributed by atoms with Crippen LogP contribution < -0.4 is 16.6 Å². The third kappa shape index (κ3) is 5.77. The highest BCUT2D eigenvalue weighted by Gasteiger charge is 2.19. The van der Waals surface area contributed by atoms with E-state index in [0.717, 1.165) is 37.7 Å². The highest BCUT2D eigenvalue weighted by Crippen LogP contribution is 2.18. The van der Waals surface area contributed by atoms with Gasteiger partial charge in [0.1, 0.15) is 11.6 Å². The molecule has 0 saturated heterocycles. The molecular weight excluding hydrogens is 425 g/mol. The molecule has 178 valence electrons. The summed E-state index contributed by atoms with van der Waals surface area (Å²) in [4.78, 5) is 44.7. The molecule has 0 aliphatic rings. The van der Waals surface area contributed by atoms with Gasteiger partial charge >= 0.3 is 5.69 Å². The molecule has 33 heavy (non-hydrogen) atoms. The molecule has 3 aromatic rings. The number of nitrogens with zero attached hydrogens (tertiary/aromatic N) is 3. The van der Waals surface area contributed by atoms with Crippen molar-refractivity contribution in [2.45, 2.75) is 78.8 Å². The van der Waals surface area contributed by atoms with Gasteiger partial charge in [-0.05, 0) is 37.5 Å². The second-order valence-electron chi connectivity index (χ2n) is 8.35. The van der Waals surface area contributed by atoms with Crippen LogP contribution >= 0.6 is 0 Å². The molecule has 0 unspecified atom stereocenters. The van der Waals surface area contributed by atoms with Crippen LogP contribution in [0, 0.1) is 12.7 Å². The van der Waals surface area contributed by atoms with E-state index in [-0.39, 0.29) is 24.4 Å². The fourth-order valence-electron chi connectivity index (χ4n) is 3.87. The molecule has 0 spiro atoms. The predicted octanol–water partition coefficient (Wildman–Crippen LogP) is 3.90. The summed E-state index contributed by atoms with van der Waals surface area (Å²) in [6.07, 6.45) is 4.87. The van der Waals surface area contributed by atoms with E-state index < -0.39 is 17.1 Å². The summed E-state index contributed by atoms with van der Waals surface area (Å²) in [7, 11) is 0. The van der Waals surface area contributed by atoms with Crippen molar-refractivity contribution in [1.82, 2.24) is 19.1 Å². The van der Waals surface area contributed by atoms with Gasteiger partial charge in [0.25, 0.3) is 5.56 Å². The van der Waals surface area contributed by atoms with Gasteiger partial charge in [0.2, 0.25) is 5.91 Å². The highest BCUT2D eigenvalue weighted by molar-refractivity contribution is 5.91. The Morgan fingerprint density at radius 3 is 2.55 bits per heavy atom. The number of hydrogen-bond acceptors (Lipinski definition) is 4. The topological polar surface area (TPSA) is 102 Å². The SMILES string of the molecule is CCCCCn1c(CCC(=O)Nc2cc(C)ccc2F)nc2c1c(=O)[nH]c(=O)n2CCCC. The maximum Gasteiger partial charge on any atom is 0.330 e. The van der Waals surface area contributed by atoms with Crippen molar-refractivity contribution in [3.63, 3.8) is 0 Å². The Morgan fingerprint density at radius 1 is 1.09 bits per heavy atom. The van der Waals surface area contributed by atoms with Gasteiger partial charge in [-0.2, -0.15) is 0 Å². The van der Waals surface area contributed by atoms with E-state index in [1.165, 1.54) is 10.6 Å². The molecule has 0 fully saturated rings. The third-order valence-electron chi connectivity index (χ3n) is 5.66. The van der Waals surface area contributed by atoms with E-state index in [1.54, 1.807) is 12.1 Å². The van der Waals surface area contributed by atoms with Gasteiger partial charge in [-0.15, -0.1) is 0 Å². The maximum absolute atomic E-state index is 14.0. The van der Waals surface area contributed by atoms with Crippen LogP contribution in [0.3, 0.4) is 0 Å². The number of halogens is 1. The Hall–Kier alpha value is -3.23. The smallest absolute Gasteiger partial charge is 0.324 e. The second-order valence-corrected chi connectivity index (χ2v) is 8.35. The molecule has 0 bridgehead atoms. The third-order valence-corrected chi connectivity index (χ3v) is 5.66. The number of aryl methyl sites for hydroxylation is 4. The predicted molar refractivity (Wildman–Crippen MR) is 127 cm³/mol. The summed E-state index contributed by atoms with van der Waals surface area (Å²) in [5.74, 6) is -0.265. The summed E-state index contributed by atoms with van der Waals surface area (Å²) in [6, 6.07) is 4.54. The van der Waals surface area contributed by atoms with Gasteiger partial charge in [-0.3, -0.25) is 19.1 Å². The fourth-order valence-corrected chi connectivity index (χ4v) is 3.87. The van der Waals surface area contributed by atoms with Gasteiger partial charge in [-0.25, -0.2) is 14.2 Å².